The molecule has 2 aromatic carbocycles. The van der Waals surface area contributed by atoms with Crippen molar-refractivity contribution in [1.29, 1.82) is 0 Å². The monoisotopic (exact) mass is 366 g/mol. The van der Waals surface area contributed by atoms with Crippen molar-refractivity contribution in [2.75, 3.05) is 21.3 Å². The zero-order chi connectivity index (χ0) is 17.7. The standard InChI is InChI=1S/C18H16Cl2O4/c1-22-16-10-18(24-3)17(23-2)9-12(16)5-7-15(21)11-4-6-13(19)14(20)8-11/h4-10H,1-3H3/b7-5+. The largest absolute Gasteiger partial charge is 0.496 e. The van der Waals surface area contributed by atoms with Crippen LogP contribution in [-0.2, 0) is 0 Å². The predicted octanol–water partition coefficient (Wildman–Crippen LogP) is 4.92. The van der Waals surface area contributed by atoms with Crippen LogP contribution in [0.1, 0.15) is 15.9 Å². The van der Waals surface area contributed by atoms with Crippen molar-refractivity contribution in [3.8, 4) is 17.2 Å². The van der Waals surface area contributed by atoms with Crippen LogP contribution in [-0.4, -0.2) is 27.1 Å². The number of ether oxygens (including phenoxy) is 3. The minimum Gasteiger partial charge on any atom is -0.496 e. The van der Waals surface area contributed by atoms with E-state index in [0.717, 1.165) is 0 Å². The predicted molar refractivity (Wildman–Crippen MR) is 95.9 cm³/mol. The number of hydrogen-bond donors (Lipinski definition) is 0. The van der Waals surface area contributed by atoms with E-state index in [4.69, 9.17) is 37.4 Å². The van der Waals surface area contributed by atoms with Gasteiger partial charge in [-0.1, -0.05) is 23.2 Å². The van der Waals surface area contributed by atoms with Crippen molar-refractivity contribution in [3.63, 3.8) is 0 Å². The van der Waals surface area contributed by atoms with Gasteiger partial charge in [-0.2, -0.15) is 0 Å². The lowest BCUT2D eigenvalue weighted by molar-refractivity contribution is 0.104. The van der Waals surface area contributed by atoms with Crippen LogP contribution in [0.2, 0.25) is 10.0 Å². The number of methoxy groups -OCH3 is 3. The molecule has 0 fully saturated rings. The summed E-state index contributed by atoms with van der Waals surface area (Å²) in [6, 6.07) is 8.16. The molecule has 126 valence electrons. The highest BCUT2D eigenvalue weighted by molar-refractivity contribution is 6.42. The molecule has 0 bridgehead atoms. The molecule has 0 aromatic heterocycles. The van der Waals surface area contributed by atoms with Gasteiger partial charge in [-0.15, -0.1) is 0 Å². The smallest absolute Gasteiger partial charge is 0.185 e. The third kappa shape index (κ3) is 4.02. The van der Waals surface area contributed by atoms with Gasteiger partial charge in [0.05, 0.1) is 31.4 Å². The summed E-state index contributed by atoms with van der Waals surface area (Å²) in [6.07, 6.45) is 3.08. The summed E-state index contributed by atoms with van der Waals surface area (Å²) in [4.78, 5) is 12.3. The van der Waals surface area contributed by atoms with E-state index in [1.165, 1.54) is 12.1 Å². The third-order valence-corrected chi connectivity index (χ3v) is 4.09. The molecule has 0 aliphatic carbocycles. The Hall–Kier alpha value is -2.17. The van der Waals surface area contributed by atoms with Gasteiger partial charge in [-0.05, 0) is 36.4 Å². The number of benzene rings is 2. The Balaban J connectivity index is 2.33. The van der Waals surface area contributed by atoms with Crippen LogP contribution >= 0.6 is 23.2 Å². The molecular weight excluding hydrogens is 351 g/mol. The molecule has 0 amide bonds. The number of hydrogen-bond acceptors (Lipinski definition) is 4. The minimum atomic E-state index is -0.203. The van der Waals surface area contributed by atoms with E-state index in [9.17, 15) is 4.79 Å². The van der Waals surface area contributed by atoms with Crippen molar-refractivity contribution < 1.29 is 19.0 Å². The summed E-state index contributed by atoms with van der Waals surface area (Å²) in [6.45, 7) is 0. The van der Waals surface area contributed by atoms with Crippen LogP contribution in [0.25, 0.3) is 6.08 Å². The van der Waals surface area contributed by atoms with E-state index in [2.05, 4.69) is 0 Å². The van der Waals surface area contributed by atoms with E-state index in [1.54, 1.807) is 51.7 Å². The number of halogens is 2. The second kappa shape index (κ2) is 8.08. The van der Waals surface area contributed by atoms with Gasteiger partial charge in [0.25, 0.3) is 0 Å². The van der Waals surface area contributed by atoms with E-state index in [0.29, 0.717) is 38.4 Å². The average molecular weight is 367 g/mol. The lowest BCUT2D eigenvalue weighted by Gasteiger charge is -2.12. The summed E-state index contributed by atoms with van der Waals surface area (Å²) in [5.41, 5.74) is 1.13. The molecule has 2 rings (SSSR count). The lowest BCUT2D eigenvalue weighted by atomic mass is 10.1. The van der Waals surface area contributed by atoms with Crippen molar-refractivity contribution in [3.05, 3.63) is 57.6 Å². The first-order valence-corrected chi connectivity index (χ1v) is 7.73. The Morgan fingerprint density at radius 2 is 1.50 bits per heavy atom. The zero-order valence-electron chi connectivity index (χ0n) is 13.4. The third-order valence-electron chi connectivity index (χ3n) is 3.35. The van der Waals surface area contributed by atoms with Gasteiger partial charge in [-0.3, -0.25) is 4.79 Å². The molecule has 24 heavy (non-hydrogen) atoms. The molecule has 0 spiro atoms. The summed E-state index contributed by atoms with van der Waals surface area (Å²) < 4.78 is 15.8. The number of ketones is 1. The summed E-state index contributed by atoms with van der Waals surface area (Å²) in [5, 5.41) is 0.735. The quantitative estimate of drug-likeness (QED) is 0.537. The molecule has 0 aliphatic heterocycles. The molecule has 6 heteroatoms. The van der Waals surface area contributed by atoms with E-state index in [1.807, 2.05) is 0 Å². The van der Waals surface area contributed by atoms with E-state index >= 15 is 0 Å². The Morgan fingerprint density at radius 3 is 2.08 bits per heavy atom. The molecule has 0 saturated carbocycles. The van der Waals surface area contributed by atoms with Gasteiger partial charge in [0.1, 0.15) is 5.75 Å². The first kappa shape index (κ1) is 18.2. The highest BCUT2D eigenvalue weighted by Gasteiger charge is 2.11. The molecule has 0 heterocycles. The van der Waals surface area contributed by atoms with Crippen LogP contribution in [0.5, 0.6) is 17.2 Å². The van der Waals surface area contributed by atoms with E-state index < -0.39 is 0 Å². The van der Waals surface area contributed by atoms with Gasteiger partial charge in [0, 0.05) is 17.2 Å². The maximum atomic E-state index is 12.3. The van der Waals surface area contributed by atoms with Crippen LogP contribution in [0.3, 0.4) is 0 Å². The molecule has 0 saturated heterocycles. The topological polar surface area (TPSA) is 44.8 Å². The van der Waals surface area contributed by atoms with E-state index in [-0.39, 0.29) is 5.78 Å². The highest BCUT2D eigenvalue weighted by atomic mass is 35.5. The summed E-state index contributed by atoms with van der Waals surface area (Å²) in [5.74, 6) is 1.44. The maximum Gasteiger partial charge on any atom is 0.185 e. The van der Waals surface area contributed by atoms with Gasteiger partial charge >= 0.3 is 0 Å². The molecule has 0 radical (unpaired) electrons. The average Bonchev–Trinajstić information content (AvgIpc) is 2.60. The molecule has 0 atom stereocenters. The SMILES string of the molecule is COc1cc(OC)c(OC)cc1/C=C/C(=O)c1ccc(Cl)c(Cl)c1. The van der Waals surface area contributed by atoms with Crippen LogP contribution in [0, 0.1) is 0 Å². The van der Waals surface area contributed by atoms with Gasteiger partial charge < -0.3 is 14.2 Å². The Kier molecular flexibility index (Phi) is 6.12. The Labute approximate surface area is 150 Å². The second-order valence-electron chi connectivity index (χ2n) is 4.78. The number of carbonyl (C=O) groups is 1. The van der Waals surface area contributed by atoms with Crippen LogP contribution in [0.4, 0.5) is 0 Å². The molecule has 0 unspecified atom stereocenters. The van der Waals surface area contributed by atoms with Crippen LogP contribution < -0.4 is 14.2 Å². The number of rotatable bonds is 6. The van der Waals surface area contributed by atoms with Crippen molar-refractivity contribution in [1.82, 2.24) is 0 Å². The number of carbonyl (C=O) groups excluding carboxylic acids is 1. The summed E-state index contributed by atoms with van der Waals surface area (Å²) in [7, 11) is 4.62. The molecule has 2 aromatic rings. The fourth-order valence-electron chi connectivity index (χ4n) is 2.09. The highest BCUT2D eigenvalue weighted by Crippen LogP contribution is 2.35. The van der Waals surface area contributed by atoms with Crippen molar-refractivity contribution in [2.24, 2.45) is 0 Å². The molecular formula is C18H16Cl2O4. The Bertz CT molecular complexity index is 785. The molecule has 0 N–H and O–H groups in total. The van der Waals surface area contributed by atoms with Crippen LogP contribution in [0.15, 0.2) is 36.4 Å². The lowest BCUT2D eigenvalue weighted by Crippen LogP contribution is -1.96. The fourth-order valence-corrected chi connectivity index (χ4v) is 2.39. The van der Waals surface area contributed by atoms with Crippen molar-refractivity contribution >= 4 is 35.1 Å². The molecule has 4 nitrogen and oxygen atoms in total. The normalized spacial score (nSPS) is 10.7. The first-order valence-electron chi connectivity index (χ1n) is 6.97. The Morgan fingerprint density at radius 1 is 0.875 bits per heavy atom. The zero-order valence-corrected chi connectivity index (χ0v) is 14.9. The maximum absolute atomic E-state index is 12.3. The minimum absolute atomic E-state index is 0.203. The summed E-state index contributed by atoms with van der Waals surface area (Å²) >= 11 is 11.8. The van der Waals surface area contributed by atoms with Gasteiger partial charge in [0.2, 0.25) is 0 Å². The number of allylic oxidation sites excluding steroid dienone is 1. The molecule has 0 aliphatic rings. The van der Waals surface area contributed by atoms with Crippen molar-refractivity contribution in [2.45, 2.75) is 0 Å². The fraction of sp³-hybridized carbons (Fsp3) is 0.167. The van der Waals surface area contributed by atoms with Gasteiger partial charge in [-0.25, -0.2) is 0 Å². The van der Waals surface area contributed by atoms with Gasteiger partial charge in [0.15, 0.2) is 17.3 Å². The second-order valence-corrected chi connectivity index (χ2v) is 5.59. The first-order chi connectivity index (χ1) is 11.5.